The van der Waals surface area contributed by atoms with E-state index in [1.807, 2.05) is 18.2 Å². The third kappa shape index (κ3) is 4.85. The lowest BCUT2D eigenvalue weighted by molar-refractivity contribution is 0.0498. The van der Waals surface area contributed by atoms with Gasteiger partial charge in [-0.05, 0) is 74.1 Å². The molecule has 0 N–H and O–H groups in total. The number of carbonyl (C=O) groups excluding carboxylic acids is 1. The van der Waals surface area contributed by atoms with Crippen molar-refractivity contribution in [2.45, 2.75) is 33.1 Å². The van der Waals surface area contributed by atoms with Crippen LogP contribution >= 0.6 is 0 Å². The summed E-state index contributed by atoms with van der Waals surface area (Å²) in [5.74, 6) is 0.656. The van der Waals surface area contributed by atoms with Crippen LogP contribution in [0.25, 0.3) is 0 Å². The SMILES string of the molecule is COc1cc(C)c(CCCCOC(=O)c2ccccc2)c(C)c1. The van der Waals surface area contributed by atoms with Crippen molar-refractivity contribution in [2.24, 2.45) is 0 Å². The molecule has 3 nitrogen and oxygen atoms in total. The van der Waals surface area contributed by atoms with E-state index in [4.69, 9.17) is 9.47 Å². The van der Waals surface area contributed by atoms with Gasteiger partial charge in [-0.1, -0.05) is 18.2 Å². The average Bonchev–Trinajstić information content (AvgIpc) is 2.57. The molecular weight excluding hydrogens is 288 g/mol. The minimum absolute atomic E-state index is 0.248. The lowest BCUT2D eigenvalue weighted by atomic mass is 9.97. The van der Waals surface area contributed by atoms with Gasteiger partial charge in [0.1, 0.15) is 5.75 Å². The second-order valence-electron chi connectivity index (χ2n) is 5.70. The van der Waals surface area contributed by atoms with Crippen molar-refractivity contribution in [1.82, 2.24) is 0 Å². The number of carbonyl (C=O) groups is 1. The quantitative estimate of drug-likeness (QED) is 0.558. The Morgan fingerprint density at radius 3 is 2.26 bits per heavy atom. The second kappa shape index (κ2) is 8.37. The minimum Gasteiger partial charge on any atom is -0.497 e. The highest BCUT2D eigenvalue weighted by Gasteiger charge is 2.07. The zero-order chi connectivity index (χ0) is 16.7. The maximum Gasteiger partial charge on any atom is 0.338 e. The van der Waals surface area contributed by atoms with Crippen LogP contribution < -0.4 is 4.74 Å². The molecule has 0 aliphatic rings. The Labute approximate surface area is 138 Å². The van der Waals surface area contributed by atoms with Gasteiger partial charge in [0.25, 0.3) is 0 Å². The van der Waals surface area contributed by atoms with Crippen molar-refractivity contribution in [3.05, 3.63) is 64.7 Å². The Hall–Kier alpha value is -2.29. The lowest BCUT2D eigenvalue weighted by Gasteiger charge is -2.12. The molecule has 0 unspecified atom stereocenters. The van der Waals surface area contributed by atoms with E-state index in [1.165, 1.54) is 16.7 Å². The number of unbranched alkanes of at least 4 members (excludes halogenated alkanes) is 1. The van der Waals surface area contributed by atoms with E-state index in [9.17, 15) is 4.79 Å². The molecule has 0 aromatic heterocycles. The van der Waals surface area contributed by atoms with Crippen LogP contribution in [0.4, 0.5) is 0 Å². The first-order chi connectivity index (χ1) is 11.1. The minimum atomic E-state index is -0.248. The zero-order valence-electron chi connectivity index (χ0n) is 14.1. The van der Waals surface area contributed by atoms with Crippen LogP contribution in [0.3, 0.4) is 0 Å². The fourth-order valence-electron chi connectivity index (χ4n) is 2.69. The smallest absolute Gasteiger partial charge is 0.338 e. The summed E-state index contributed by atoms with van der Waals surface area (Å²) in [6.07, 6.45) is 2.85. The van der Waals surface area contributed by atoms with Crippen molar-refractivity contribution in [2.75, 3.05) is 13.7 Å². The number of methoxy groups -OCH3 is 1. The fraction of sp³-hybridized carbons (Fsp3) is 0.350. The van der Waals surface area contributed by atoms with E-state index < -0.39 is 0 Å². The molecule has 0 saturated carbocycles. The van der Waals surface area contributed by atoms with E-state index in [2.05, 4.69) is 26.0 Å². The van der Waals surface area contributed by atoms with Crippen LogP contribution in [0.5, 0.6) is 5.75 Å². The first-order valence-electron chi connectivity index (χ1n) is 7.98. The van der Waals surface area contributed by atoms with Gasteiger partial charge in [0.2, 0.25) is 0 Å². The Kier molecular flexibility index (Phi) is 6.21. The van der Waals surface area contributed by atoms with E-state index in [-0.39, 0.29) is 5.97 Å². The van der Waals surface area contributed by atoms with Crippen LogP contribution in [0, 0.1) is 13.8 Å². The summed E-state index contributed by atoms with van der Waals surface area (Å²) >= 11 is 0. The predicted octanol–water partition coefficient (Wildman–Crippen LogP) is 4.49. The third-order valence-corrected chi connectivity index (χ3v) is 3.97. The molecule has 0 fully saturated rings. The second-order valence-corrected chi connectivity index (χ2v) is 5.70. The molecular formula is C20H24O3. The molecule has 0 radical (unpaired) electrons. The molecule has 0 amide bonds. The Morgan fingerprint density at radius 1 is 1.00 bits per heavy atom. The zero-order valence-corrected chi connectivity index (χ0v) is 14.1. The van der Waals surface area contributed by atoms with Gasteiger partial charge in [0.15, 0.2) is 0 Å². The largest absolute Gasteiger partial charge is 0.497 e. The van der Waals surface area contributed by atoms with E-state index in [0.717, 1.165) is 25.0 Å². The predicted molar refractivity (Wildman–Crippen MR) is 92.1 cm³/mol. The van der Waals surface area contributed by atoms with Crippen molar-refractivity contribution < 1.29 is 14.3 Å². The highest BCUT2D eigenvalue weighted by molar-refractivity contribution is 5.89. The summed E-state index contributed by atoms with van der Waals surface area (Å²) in [6, 6.07) is 13.2. The number of benzene rings is 2. The standard InChI is InChI=1S/C20H24O3/c1-15-13-18(22-3)14-16(2)19(15)11-7-8-12-23-20(21)17-9-5-4-6-10-17/h4-6,9-10,13-14H,7-8,11-12H2,1-3H3. The summed E-state index contributed by atoms with van der Waals surface area (Å²) in [5.41, 5.74) is 4.47. The van der Waals surface area contributed by atoms with Gasteiger partial charge in [-0.25, -0.2) is 4.79 Å². The van der Waals surface area contributed by atoms with Crippen molar-refractivity contribution in [1.29, 1.82) is 0 Å². The summed E-state index contributed by atoms with van der Waals surface area (Å²) in [6.45, 7) is 4.68. The van der Waals surface area contributed by atoms with Crippen molar-refractivity contribution >= 4 is 5.97 Å². The molecule has 0 spiro atoms. The topological polar surface area (TPSA) is 35.5 Å². The average molecular weight is 312 g/mol. The molecule has 3 heteroatoms. The van der Waals surface area contributed by atoms with Gasteiger partial charge in [-0.2, -0.15) is 0 Å². The molecule has 2 rings (SSSR count). The van der Waals surface area contributed by atoms with Crippen LogP contribution in [-0.4, -0.2) is 19.7 Å². The number of hydrogen-bond acceptors (Lipinski definition) is 3. The molecule has 0 heterocycles. The molecule has 2 aromatic rings. The fourth-order valence-corrected chi connectivity index (χ4v) is 2.69. The Bertz CT molecular complexity index is 624. The number of rotatable bonds is 7. The number of ether oxygens (including phenoxy) is 2. The number of hydrogen-bond donors (Lipinski definition) is 0. The summed E-state index contributed by atoms with van der Waals surface area (Å²) in [7, 11) is 1.69. The van der Waals surface area contributed by atoms with Crippen molar-refractivity contribution in [3.63, 3.8) is 0 Å². The number of aryl methyl sites for hydroxylation is 2. The van der Waals surface area contributed by atoms with Crippen LogP contribution in [0.15, 0.2) is 42.5 Å². The van der Waals surface area contributed by atoms with E-state index >= 15 is 0 Å². The molecule has 0 aliphatic carbocycles. The van der Waals surface area contributed by atoms with Gasteiger partial charge in [0, 0.05) is 0 Å². The summed E-state index contributed by atoms with van der Waals surface area (Å²) < 4.78 is 10.6. The van der Waals surface area contributed by atoms with Gasteiger partial charge in [-0.3, -0.25) is 0 Å². The Balaban J connectivity index is 1.77. The maximum absolute atomic E-state index is 11.8. The summed E-state index contributed by atoms with van der Waals surface area (Å²) in [5, 5.41) is 0. The molecule has 122 valence electrons. The number of esters is 1. The highest BCUT2D eigenvalue weighted by atomic mass is 16.5. The maximum atomic E-state index is 11.8. The van der Waals surface area contributed by atoms with E-state index in [1.54, 1.807) is 19.2 Å². The first-order valence-corrected chi connectivity index (χ1v) is 7.98. The molecule has 2 aromatic carbocycles. The van der Waals surface area contributed by atoms with Gasteiger partial charge < -0.3 is 9.47 Å². The summed E-state index contributed by atoms with van der Waals surface area (Å²) in [4.78, 5) is 11.8. The monoisotopic (exact) mass is 312 g/mol. The third-order valence-electron chi connectivity index (χ3n) is 3.97. The van der Waals surface area contributed by atoms with Gasteiger partial charge in [0.05, 0.1) is 19.3 Å². The van der Waals surface area contributed by atoms with Gasteiger partial charge >= 0.3 is 5.97 Å². The van der Waals surface area contributed by atoms with Gasteiger partial charge in [-0.15, -0.1) is 0 Å². The molecule has 23 heavy (non-hydrogen) atoms. The van der Waals surface area contributed by atoms with E-state index in [0.29, 0.717) is 12.2 Å². The van der Waals surface area contributed by atoms with Crippen molar-refractivity contribution in [3.8, 4) is 5.75 Å². The Morgan fingerprint density at radius 2 is 1.65 bits per heavy atom. The van der Waals surface area contributed by atoms with Crippen LogP contribution in [-0.2, 0) is 11.2 Å². The normalized spacial score (nSPS) is 10.4. The molecule has 0 bridgehead atoms. The molecule has 0 atom stereocenters. The lowest BCUT2D eigenvalue weighted by Crippen LogP contribution is -2.06. The van der Waals surface area contributed by atoms with Crippen LogP contribution in [0.2, 0.25) is 0 Å². The highest BCUT2D eigenvalue weighted by Crippen LogP contribution is 2.23. The first kappa shape index (κ1) is 17.1. The molecule has 0 aliphatic heterocycles. The molecule has 0 saturated heterocycles. The van der Waals surface area contributed by atoms with Crippen LogP contribution in [0.1, 0.15) is 39.9 Å².